The van der Waals surface area contributed by atoms with E-state index in [0.29, 0.717) is 24.4 Å². The summed E-state index contributed by atoms with van der Waals surface area (Å²) < 4.78 is 54.7. The molecule has 0 unspecified atom stereocenters. The van der Waals surface area contributed by atoms with Crippen LogP contribution < -0.4 is 0 Å². The van der Waals surface area contributed by atoms with Gasteiger partial charge in [0.2, 0.25) is 0 Å². The molecule has 2 rings (SSSR count). The van der Waals surface area contributed by atoms with Crippen molar-refractivity contribution in [1.82, 2.24) is 9.80 Å². The van der Waals surface area contributed by atoms with Crippen LogP contribution in [0.5, 0.6) is 0 Å². The van der Waals surface area contributed by atoms with Gasteiger partial charge in [-0.3, -0.25) is 9.80 Å². The van der Waals surface area contributed by atoms with Gasteiger partial charge in [-0.25, -0.2) is 16.8 Å². The highest BCUT2D eigenvalue weighted by Gasteiger charge is 2.30. The molecule has 0 bridgehead atoms. The summed E-state index contributed by atoms with van der Waals surface area (Å²) in [5, 5.41) is 0. The zero-order chi connectivity index (χ0) is 26.9. The van der Waals surface area contributed by atoms with E-state index in [1.165, 1.54) is 57.6 Å². The maximum Gasteiger partial charge on any atom is 0.147 e. The first-order chi connectivity index (χ1) is 15.9. The minimum Gasteiger partial charge on any atom is -0.748 e. The molecule has 35 heavy (non-hydrogen) atoms. The molecule has 9 heteroatoms. The first kappa shape index (κ1) is 32.8. The summed E-state index contributed by atoms with van der Waals surface area (Å²) in [4.78, 5) is 4.72. The summed E-state index contributed by atoms with van der Waals surface area (Å²) in [5.74, 6) is 0.0348. The van der Waals surface area contributed by atoms with Gasteiger partial charge in [0.25, 0.3) is 0 Å². The second-order valence-corrected chi connectivity index (χ2v) is 16.3. The van der Waals surface area contributed by atoms with Crippen molar-refractivity contribution in [2.75, 3.05) is 30.9 Å². The molecular formula is C26H53N2O5S2-. The summed E-state index contributed by atoms with van der Waals surface area (Å²) in [6, 6.07) is 1.09. The third-order valence-corrected chi connectivity index (χ3v) is 8.96. The molecule has 0 aliphatic heterocycles. The third-order valence-electron chi connectivity index (χ3n) is 7.25. The molecule has 0 aromatic heterocycles. The van der Waals surface area contributed by atoms with Crippen molar-refractivity contribution in [2.45, 2.75) is 135 Å². The molecule has 0 spiro atoms. The van der Waals surface area contributed by atoms with E-state index in [1.807, 2.05) is 0 Å². The fraction of sp³-hybridized carbons (Fsp3) is 1.00. The van der Waals surface area contributed by atoms with Crippen molar-refractivity contribution in [2.24, 2.45) is 0 Å². The fourth-order valence-electron chi connectivity index (χ4n) is 5.62. The van der Waals surface area contributed by atoms with Crippen LogP contribution in [0, 0.1) is 0 Å². The molecular weight excluding hydrogens is 484 g/mol. The van der Waals surface area contributed by atoms with Crippen molar-refractivity contribution in [1.29, 1.82) is 0 Å². The van der Waals surface area contributed by atoms with E-state index in [4.69, 9.17) is 0 Å². The Labute approximate surface area is 217 Å². The van der Waals surface area contributed by atoms with Gasteiger partial charge in [-0.1, -0.05) is 38.5 Å². The van der Waals surface area contributed by atoms with Crippen LogP contribution in [0.3, 0.4) is 0 Å². The minimum atomic E-state index is -4.11. The maximum atomic E-state index is 11.2. The van der Waals surface area contributed by atoms with Gasteiger partial charge in [0, 0.05) is 36.0 Å². The standard InChI is InChI=1S/C14H29NO2S.C12H25NO3S/c1-14(2,3)15(11-8-12-18(4,16)17)13-9-6-5-7-10-13;1-12(2,3)13(9-10-17(14,15)16)11-7-5-4-6-8-11/h13H,5-12H2,1-4H3;11H,4-10H2,1-3H3,(H,14,15,16)/p-1. The average Bonchev–Trinajstić information content (AvgIpc) is 2.70. The maximum absolute atomic E-state index is 11.2. The third kappa shape index (κ3) is 14.3. The fourth-order valence-corrected chi connectivity index (χ4v) is 6.70. The van der Waals surface area contributed by atoms with E-state index in [0.717, 1.165) is 25.8 Å². The normalized spacial score (nSPS) is 19.6. The van der Waals surface area contributed by atoms with Crippen LogP contribution >= 0.6 is 0 Å². The van der Waals surface area contributed by atoms with Crippen molar-refractivity contribution in [3.8, 4) is 0 Å². The Morgan fingerprint density at radius 3 is 1.34 bits per heavy atom. The average molecular weight is 538 g/mol. The summed E-state index contributed by atoms with van der Waals surface area (Å²) in [5.41, 5.74) is 0.0617. The Hall–Kier alpha value is -0.220. The molecule has 210 valence electrons. The van der Waals surface area contributed by atoms with Crippen molar-refractivity contribution in [3.63, 3.8) is 0 Å². The number of sulfone groups is 1. The molecule has 0 radical (unpaired) electrons. The van der Waals surface area contributed by atoms with E-state index < -0.39 is 20.0 Å². The first-order valence-electron chi connectivity index (χ1n) is 13.5. The van der Waals surface area contributed by atoms with Gasteiger partial charge in [0.15, 0.2) is 0 Å². The van der Waals surface area contributed by atoms with E-state index in [9.17, 15) is 21.4 Å². The lowest BCUT2D eigenvalue weighted by Gasteiger charge is -2.43. The van der Waals surface area contributed by atoms with Crippen LogP contribution in [-0.4, -0.2) is 85.2 Å². The lowest BCUT2D eigenvalue weighted by atomic mass is 9.90. The molecule has 0 saturated heterocycles. The van der Waals surface area contributed by atoms with Crippen LogP contribution in [0.1, 0.15) is 112 Å². The largest absolute Gasteiger partial charge is 0.748 e. The summed E-state index contributed by atoms with van der Waals surface area (Å²) in [6.45, 7) is 14.2. The number of hydrogen-bond acceptors (Lipinski definition) is 7. The van der Waals surface area contributed by atoms with Crippen molar-refractivity contribution >= 4 is 20.0 Å². The Bertz CT molecular complexity index is 802. The van der Waals surface area contributed by atoms with Crippen LogP contribution in [0.25, 0.3) is 0 Å². The Morgan fingerprint density at radius 2 is 1.03 bits per heavy atom. The lowest BCUT2D eigenvalue weighted by molar-refractivity contribution is 0.0607. The van der Waals surface area contributed by atoms with Crippen molar-refractivity contribution in [3.05, 3.63) is 0 Å². The van der Waals surface area contributed by atoms with Gasteiger partial charge >= 0.3 is 0 Å². The van der Waals surface area contributed by atoms with E-state index >= 15 is 0 Å². The molecule has 0 atom stereocenters. The molecule has 2 aliphatic rings. The zero-order valence-corrected chi connectivity index (χ0v) is 25.1. The quantitative estimate of drug-likeness (QED) is 0.389. The highest BCUT2D eigenvalue weighted by molar-refractivity contribution is 7.90. The molecule has 2 aliphatic carbocycles. The number of hydrogen-bond donors (Lipinski definition) is 0. The molecule has 2 saturated carbocycles. The Morgan fingerprint density at radius 1 is 0.657 bits per heavy atom. The number of rotatable bonds is 9. The summed E-state index contributed by atoms with van der Waals surface area (Å²) in [7, 11) is -6.93. The van der Waals surface area contributed by atoms with Crippen LogP contribution in [-0.2, 0) is 20.0 Å². The van der Waals surface area contributed by atoms with Gasteiger partial charge < -0.3 is 4.55 Å². The van der Waals surface area contributed by atoms with E-state index in [1.54, 1.807) is 0 Å². The SMILES string of the molecule is CC(C)(C)N(CCCS(C)(=O)=O)C1CCCCC1.CC(C)(C)N(CCS(=O)(=O)[O-])C1CCCCC1. The lowest BCUT2D eigenvalue weighted by Crippen LogP contribution is -2.50. The molecule has 0 heterocycles. The number of nitrogens with zero attached hydrogens (tertiary/aromatic N) is 2. The highest BCUT2D eigenvalue weighted by atomic mass is 32.2. The molecule has 7 nitrogen and oxygen atoms in total. The molecule has 0 amide bonds. The predicted molar refractivity (Wildman–Crippen MR) is 146 cm³/mol. The van der Waals surface area contributed by atoms with Crippen LogP contribution in [0.4, 0.5) is 0 Å². The first-order valence-corrected chi connectivity index (χ1v) is 17.2. The predicted octanol–water partition coefficient (Wildman–Crippen LogP) is 4.82. The van der Waals surface area contributed by atoms with Crippen LogP contribution in [0.2, 0.25) is 0 Å². The van der Waals surface area contributed by atoms with Gasteiger partial charge in [-0.15, -0.1) is 0 Å². The van der Waals surface area contributed by atoms with Crippen LogP contribution in [0.15, 0.2) is 0 Å². The molecule has 0 aromatic rings. The van der Waals surface area contributed by atoms with Gasteiger partial charge in [-0.05, 0) is 80.2 Å². The monoisotopic (exact) mass is 537 g/mol. The van der Waals surface area contributed by atoms with Crippen molar-refractivity contribution < 1.29 is 21.4 Å². The topological polar surface area (TPSA) is 97.8 Å². The van der Waals surface area contributed by atoms with E-state index in [-0.39, 0.29) is 16.8 Å². The second kappa shape index (κ2) is 14.1. The van der Waals surface area contributed by atoms with E-state index in [2.05, 4.69) is 51.3 Å². The molecule has 0 aromatic carbocycles. The second-order valence-electron chi connectivity index (χ2n) is 12.6. The molecule has 0 N–H and O–H groups in total. The van der Waals surface area contributed by atoms with Gasteiger partial charge in [0.1, 0.15) is 9.84 Å². The van der Waals surface area contributed by atoms with Gasteiger partial charge in [-0.2, -0.15) is 0 Å². The Balaban J connectivity index is 0.000000351. The minimum absolute atomic E-state index is 0.0767. The highest BCUT2D eigenvalue weighted by Crippen LogP contribution is 2.29. The molecule has 2 fully saturated rings. The Kier molecular flexibility index (Phi) is 13.2. The smallest absolute Gasteiger partial charge is 0.147 e. The summed E-state index contributed by atoms with van der Waals surface area (Å²) >= 11 is 0. The van der Waals surface area contributed by atoms with Gasteiger partial charge in [0.05, 0.1) is 21.6 Å². The zero-order valence-electron chi connectivity index (χ0n) is 23.5. The summed E-state index contributed by atoms with van der Waals surface area (Å²) in [6.07, 6.45) is 14.6.